The van der Waals surface area contributed by atoms with Crippen LogP contribution in [0.1, 0.15) is 24.8 Å². The van der Waals surface area contributed by atoms with E-state index in [9.17, 15) is 20.4 Å². The van der Waals surface area contributed by atoms with Crippen LogP contribution in [0.15, 0.2) is 24.3 Å². The van der Waals surface area contributed by atoms with Crippen molar-refractivity contribution in [3.05, 3.63) is 29.8 Å². The van der Waals surface area contributed by atoms with Crippen molar-refractivity contribution >= 4 is 0 Å². The molecule has 6 heteroatoms. The number of hydrogen-bond donors (Lipinski definition) is 4. The zero-order valence-corrected chi connectivity index (χ0v) is 12.6. The van der Waals surface area contributed by atoms with Crippen LogP contribution in [0.3, 0.4) is 0 Å². The zero-order valence-electron chi connectivity index (χ0n) is 12.6. The van der Waals surface area contributed by atoms with Gasteiger partial charge in [-0.1, -0.05) is 12.1 Å². The Morgan fingerprint density at radius 3 is 2.33 bits per heavy atom. The lowest BCUT2D eigenvalue weighted by Crippen LogP contribution is -2.72. The minimum Gasteiger partial charge on any atom is -0.497 e. The summed E-state index contributed by atoms with van der Waals surface area (Å²) in [7, 11) is 4.66. The number of rotatable bonds is 3. The Kier molecular flexibility index (Phi) is 4.03. The summed E-state index contributed by atoms with van der Waals surface area (Å²) in [5.41, 5.74) is -3.86. The third-order valence-electron chi connectivity index (χ3n) is 4.44. The van der Waals surface area contributed by atoms with Gasteiger partial charge in [-0.15, -0.1) is 0 Å². The molecule has 1 aromatic carbocycles. The van der Waals surface area contributed by atoms with E-state index in [-0.39, 0.29) is 18.4 Å². The van der Waals surface area contributed by atoms with Gasteiger partial charge in [0.15, 0.2) is 11.3 Å². The van der Waals surface area contributed by atoms with Crippen molar-refractivity contribution in [1.82, 2.24) is 4.90 Å². The summed E-state index contributed by atoms with van der Waals surface area (Å²) >= 11 is 0. The van der Waals surface area contributed by atoms with Gasteiger partial charge >= 0.3 is 0 Å². The Hall–Kier alpha value is -1.18. The van der Waals surface area contributed by atoms with E-state index in [0.29, 0.717) is 12.2 Å². The van der Waals surface area contributed by atoms with Gasteiger partial charge in [-0.05, 0) is 44.6 Å². The number of hydrogen-bond acceptors (Lipinski definition) is 6. The van der Waals surface area contributed by atoms with Gasteiger partial charge in [0.05, 0.1) is 7.11 Å². The van der Waals surface area contributed by atoms with Gasteiger partial charge in [-0.2, -0.15) is 0 Å². The molecule has 21 heavy (non-hydrogen) atoms. The van der Waals surface area contributed by atoms with Crippen LogP contribution in [-0.4, -0.2) is 58.0 Å². The van der Waals surface area contributed by atoms with Crippen LogP contribution in [0.4, 0.5) is 0 Å². The molecule has 1 aliphatic rings. The van der Waals surface area contributed by atoms with Crippen LogP contribution < -0.4 is 4.74 Å². The molecule has 6 nitrogen and oxygen atoms in total. The van der Waals surface area contributed by atoms with Gasteiger partial charge in [-0.3, -0.25) is 4.90 Å². The van der Waals surface area contributed by atoms with Gasteiger partial charge < -0.3 is 25.2 Å². The van der Waals surface area contributed by atoms with Crippen molar-refractivity contribution in [2.75, 3.05) is 21.2 Å². The number of likely N-dealkylation sites (N-methyl/N-ethyl adjacent to an activating group) is 1. The lowest BCUT2D eigenvalue weighted by Gasteiger charge is -2.55. The Bertz CT molecular complexity index is 519. The first-order chi connectivity index (χ1) is 9.69. The highest BCUT2D eigenvalue weighted by atomic mass is 16.5. The van der Waals surface area contributed by atoms with E-state index in [0.717, 1.165) is 0 Å². The van der Waals surface area contributed by atoms with Crippen LogP contribution in [0.5, 0.6) is 5.75 Å². The molecule has 0 amide bonds. The maximum absolute atomic E-state index is 11.1. The van der Waals surface area contributed by atoms with Gasteiger partial charge in [-0.25, -0.2) is 0 Å². The first-order valence-corrected chi connectivity index (χ1v) is 6.90. The highest BCUT2D eigenvalue weighted by molar-refractivity contribution is 5.36. The minimum atomic E-state index is -2.45. The van der Waals surface area contributed by atoms with Crippen molar-refractivity contribution in [3.63, 3.8) is 0 Å². The van der Waals surface area contributed by atoms with Gasteiger partial charge in [0.25, 0.3) is 0 Å². The predicted octanol–water partition coefficient (Wildman–Crippen LogP) is -0.00220. The number of aliphatic hydroxyl groups is 4. The van der Waals surface area contributed by atoms with Crippen LogP contribution in [-0.2, 0) is 5.60 Å². The van der Waals surface area contributed by atoms with Gasteiger partial charge in [0, 0.05) is 6.42 Å². The highest BCUT2D eigenvalue weighted by Gasteiger charge is 2.66. The normalized spacial score (nSPS) is 32.2. The molecule has 1 aliphatic carbocycles. The number of benzene rings is 1. The molecule has 1 aromatic rings. The topological polar surface area (TPSA) is 93.4 Å². The zero-order chi connectivity index (χ0) is 15.9. The molecular formula is C15H23NO5. The number of nitrogens with zero attached hydrogens (tertiary/aromatic N) is 1. The van der Waals surface area contributed by atoms with E-state index in [2.05, 4.69) is 0 Å². The largest absolute Gasteiger partial charge is 0.497 e. The van der Waals surface area contributed by atoms with E-state index in [4.69, 9.17) is 4.74 Å². The highest BCUT2D eigenvalue weighted by Crippen LogP contribution is 2.50. The molecule has 4 N–H and O–H groups in total. The van der Waals surface area contributed by atoms with Crippen LogP contribution in [0.25, 0.3) is 0 Å². The lowest BCUT2D eigenvalue weighted by molar-refractivity contribution is -0.379. The standard InChI is InChI=1S/C15H23NO5/c1-16(2)13(17)8-5-9-14(18,19)15(13,20)11-6-4-7-12(10-11)21-3/h4,6-7,10,17-20H,5,8-9H2,1-3H3/t13-,15+/m0/s1. The maximum Gasteiger partial charge on any atom is 0.201 e. The summed E-state index contributed by atoms with van der Waals surface area (Å²) in [6.07, 6.45) is 0.571. The summed E-state index contributed by atoms with van der Waals surface area (Å²) in [4.78, 5) is 1.41. The summed E-state index contributed by atoms with van der Waals surface area (Å²) in [6.45, 7) is 0. The average molecular weight is 297 g/mol. The third kappa shape index (κ3) is 2.23. The molecule has 0 saturated heterocycles. The van der Waals surface area contributed by atoms with Crippen molar-refractivity contribution in [2.24, 2.45) is 0 Å². The molecule has 0 heterocycles. The summed E-state index contributed by atoms with van der Waals surface area (Å²) < 4.78 is 5.12. The van der Waals surface area contributed by atoms with Gasteiger partial charge in [0.1, 0.15) is 5.75 Å². The molecule has 0 radical (unpaired) electrons. The van der Waals surface area contributed by atoms with Crippen molar-refractivity contribution in [3.8, 4) is 5.75 Å². The third-order valence-corrected chi connectivity index (χ3v) is 4.44. The molecule has 0 unspecified atom stereocenters. The van der Waals surface area contributed by atoms with E-state index in [1.165, 1.54) is 18.1 Å². The van der Waals surface area contributed by atoms with E-state index < -0.39 is 17.1 Å². The first kappa shape index (κ1) is 16.2. The maximum atomic E-state index is 11.1. The van der Waals surface area contributed by atoms with Crippen molar-refractivity contribution < 1.29 is 25.2 Å². The van der Waals surface area contributed by atoms with E-state index in [1.54, 1.807) is 32.3 Å². The number of methoxy groups -OCH3 is 1. The Morgan fingerprint density at radius 2 is 1.76 bits per heavy atom. The second-order valence-electron chi connectivity index (χ2n) is 5.82. The fourth-order valence-electron chi connectivity index (χ4n) is 3.12. The summed E-state index contributed by atoms with van der Waals surface area (Å²) in [5.74, 6) is -1.99. The quantitative estimate of drug-likeness (QED) is 0.587. The Morgan fingerprint density at radius 1 is 1.10 bits per heavy atom. The van der Waals surface area contributed by atoms with Crippen LogP contribution in [0.2, 0.25) is 0 Å². The second-order valence-corrected chi connectivity index (χ2v) is 5.82. The first-order valence-electron chi connectivity index (χ1n) is 6.90. The summed E-state index contributed by atoms with van der Waals surface area (Å²) in [6, 6.07) is 6.36. The fraction of sp³-hybridized carbons (Fsp3) is 0.600. The molecule has 2 atom stereocenters. The Labute approximate surface area is 124 Å². The molecule has 118 valence electrons. The monoisotopic (exact) mass is 297 g/mol. The molecule has 2 rings (SSSR count). The van der Waals surface area contributed by atoms with Crippen molar-refractivity contribution in [2.45, 2.75) is 36.4 Å². The van der Waals surface area contributed by atoms with Crippen LogP contribution in [0, 0.1) is 0 Å². The molecule has 1 fully saturated rings. The SMILES string of the molecule is COc1cccc([C@]2(O)C(O)(O)CCC[C@@]2(O)N(C)C)c1. The minimum absolute atomic E-state index is 0.0309. The molecule has 0 aromatic heterocycles. The van der Waals surface area contributed by atoms with E-state index in [1.807, 2.05) is 0 Å². The molecule has 0 spiro atoms. The molecule has 1 saturated carbocycles. The molecular weight excluding hydrogens is 274 g/mol. The fourth-order valence-corrected chi connectivity index (χ4v) is 3.12. The van der Waals surface area contributed by atoms with Crippen molar-refractivity contribution in [1.29, 1.82) is 0 Å². The summed E-state index contributed by atoms with van der Waals surface area (Å²) in [5, 5.41) is 42.8. The molecule has 0 bridgehead atoms. The Balaban J connectivity index is 2.65. The second kappa shape index (κ2) is 5.23. The van der Waals surface area contributed by atoms with Gasteiger partial charge in [0.2, 0.25) is 5.79 Å². The number of ether oxygens (including phenoxy) is 1. The van der Waals surface area contributed by atoms with Crippen LogP contribution >= 0.6 is 0 Å². The molecule has 0 aliphatic heterocycles. The van der Waals surface area contributed by atoms with E-state index >= 15 is 0 Å². The smallest absolute Gasteiger partial charge is 0.201 e. The predicted molar refractivity (Wildman–Crippen MR) is 76.5 cm³/mol. The lowest BCUT2D eigenvalue weighted by atomic mass is 9.68. The average Bonchev–Trinajstić information content (AvgIpc) is 2.44.